The molecule has 0 aromatic carbocycles. The number of nitrogens with one attached hydrogen (secondary N) is 2. The van der Waals surface area contributed by atoms with Crippen LogP contribution in [0.15, 0.2) is 12.4 Å². The molecule has 2 fully saturated rings. The van der Waals surface area contributed by atoms with Gasteiger partial charge in [-0.15, -0.1) is 0 Å². The van der Waals surface area contributed by atoms with Gasteiger partial charge in [0.05, 0.1) is 11.8 Å². The number of carbonyl (C=O) groups is 2. The van der Waals surface area contributed by atoms with Crippen molar-refractivity contribution in [1.82, 2.24) is 25.3 Å². The van der Waals surface area contributed by atoms with Crippen molar-refractivity contribution in [3.63, 3.8) is 0 Å². The fourth-order valence-electron chi connectivity index (χ4n) is 3.18. The van der Waals surface area contributed by atoms with Gasteiger partial charge in [0.1, 0.15) is 0 Å². The molecule has 2 aliphatic rings. The molecule has 1 saturated carbocycles. The van der Waals surface area contributed by atoms with Gasteiger partial charge in [0, 0.05) is 38.4 Å². The zero-order valence-corrected chi connectivity index (χ0v) is 12.8. The highest BCUT2D eigenvalue weighted by molar-refractivity contribution is 5.93. The lowest BCUT2D eigenvalue weighted by atomic mass is 9.96. The lowest BCUT2D eigenvalue weighted by Crippen LogP contribution is -2.54. The van der Waals surface area contributed by atoms with E-state index in [1.807, 2.05) is 4.90 Å². The molecule has 3 amide bonds. The number of H-pyrrole nitrogens is 1. The number of hydrogen-bond acceptors (Lipinski definition) is 3. The van der Waals surface area contributed by atoms with Crippen LogP contribution in [0.1, 0.15) is 42.5 Å². The van der Waals surface area contributed by atoms with E-state index in [9.17, 15) is 9.59 Å². The van der Waals surface area contributed by atoms with Crippen LogP contribution in [0.25, 0.3) is 0 Å². The average molecular weight is 305 g/mol. The number of rotatable bonds is 2. The van der Waals surface area contributed by atoms with Crippen LogP contribution < -0.4 is 5.32 Å². The van der Waals surface area contributed by atoms with Gasteiger partial charge in [-0.05, 0) is 12.8 Å². The molecule has 1 aliphatic carbocycles. The van der Waals surface area contributed by atoms with Crippen LogP contribution in [0.5, 0.6) is 0 Å². The molecule has 1 aromatic rings. The molecule has 7 nitrogen and oxygen atoms in total. The molecule has 0 spiro atoms. The summed E-state index contributed by atoms with van der Waals surface area (Å²) < 4.78 is 0. The molecule has 2 heterocycles. The molecule has 2 N–H and O–H groups in total. The Hall–Kier alpha value is -2.05. The fourth-order valence-corrected chi connectivity index (χ4v) is 3.18. The summed E-state index contributed by atoms with van der Waals surface area (Å²) in [5.74, 6) is -0.0268. The number of aromatic nitrogens is 2. The molecule has 3 rings (SSSR count). The first-order valence-corrected chi connectivity index (χ1v) is 8.07. The van der Waals surface area contributed by atoms with E-state index in [1.165, 1.54) is 25.5 Å². The van der Waals surface area contributed by atoms with Gasteiger partial charge in [0.15, 0.2) is 0 Å². The van der Waals surface area contributed by atoms with Gasteiger partial charge in [-0.1, -0.05) is 19.3 Å². The van der Waals surface area contributed by atoms with Gasteiger partial charge in [-0.2, -0.15) is 5.10 Å². The normalized spacial score (nSPS) is 20.0. The highest BCUT2D eigenvalue weighted by Gasteiger charge is 2.26. The minimum atomic E-state index is -0.0268. The molecule has 1 aliphatic heterocycles. The van der Waals surface area contributed by atoms with Crippen molar-refractivity contribution in [2.24, 2.45) is 0 Å². The van der Waals surface area contributed by atoms with Gasteiger partial charge in [-0.25, -0.2) is 4.79 Å². The Morgan fingerprint density at radius 3 is 2.41 bits per heavy atom. The predicted molar refractivity (Wildman–Crippen MR) is 81.5 cm³/mol. The average Bonchev–Trinajstić information content (AvgIpc) is 3.10. The number of nitrogens with zero attached hydrogens (tertiary/aromatic N) is 3. The number of amides is 3. The molecule has 0 atom stereocenters. The zero-order valence-electron chi connectivity index (χ0n) is 12.8. The molecule has 0 unspecified atom stereocenters. The smallest absolute Gasteiger partial charge is 0.317 e. The first-order valence-electron chi connectivity index (χ1n) is 8.07. The topological polar surface area (TPSA) is 81.3 Å². The van der Waals surface area contributed by atoms with Crippen LogP contribution in [0, 0.1) is 0 Å². The molecule has 1 saturated heterocycles. The first-order chi connectivity index (χ1) is 10.7. The van der Waals surface area contributed by atoms with Crippen LogP contribution in [-0.4, -0.2) is 64.2 Å². The maximum Gasteiger partial charge on any atom is 0.317 e. The summed E-state index contributed by atoms with van der Waals surface area (Å²) in [5, 5.41) is 9.58. The number of aromatic amines is 1. The van der Waals surface area contributed by atoms with E-state index < -0.39 is 0 Å². The van der Waals surface area contributed by atoms with Crippen LogP contribution in [0.2, 0.25) is 0 Å². The van der Waals surface area contributed by atoms with E-state index in [1.54, 1.807) is 11.1 Å². The summed E-state index contributed by atoms with van der Waals surface area (Å²) in [5.41, 5.74) is 0.570. The second kappa shape index (κ2) is 6.81. The fraction of sp³-hybridized carbons (Fsp3) is 0.667. The second-order valence-electron chi connectivity index (χ2n) is 6.05. The van der Waals surface area contributed by atoms with Gasteiger partial charge >= 0.3 is 6.03 Å². The monoisotopic (exact) mass is 305 g/mol. The summed E-state index contributed by atoms with van der Waals surface area (Å²) in [6, 6.07) is 0.342. The molecular weight excluding hydrogens is 282 g/mol. The number of carbonyl (C=O) groups excluding carboxylic acids is 2. The molecule has 22 heavy (non-hydrogen) atoms. The summed E-state index contributed by atoms with van der Waals surface area (Å²) in [6.07, 6.45) is 9.00. The van der Waals surface area contributed by atoms with E-state index in [4.69, 9.17) is 0 Å². The third kappa shape index (κ3) is 3.40. The predicted octanol–water partition coefficient (Wildman–Crippen LogP) is 1.21. The Kier molecular flexibility index (Phi) is 4.60. The van der Waals surface area contributed by atoms with Crippen molar-refractivity contribution in [2.75, 3.05) is 26.2 Å². The lowest BCUT2D eigenvalue weighted by Gasteiger charge is -2.35. The van der Waals surface area contributed by atoms with Gasteiger partial charge in [-0.3, -0.25) is 9.89 Å². The van der Waals surface area contributed by atoms with E-state index in [-0.39, 0.29) is 11.9 Å². The zero-order chi connectivity index (χ0) is 15.4. The molecule has 1 aromatic heterocycles. The minimum Gasteiger partial charge on any atom is -0.335 e. The highest BCUT2D eigenvalue weighted by Crippen LogP contribution is 2.18. The molecule has 0 radical (unpaired) electrons. The quantitative estimate of drug-likeness (QED) is 0.861. The number of urea groups is 1. The van der Waals surface area contributed by atoms with Crippen molar-refractivity contribution >= 4 is 11.9 Å². The SMILES string of the molecule is O=C(NC1CCCCC1)N1CCN(C(=O)c2cn[nH]c2)CC1. The third-order valence-electron chi connectivity index (χ3n) is 4.53. The summed E-state index contributed by atoms with van der Waals surface area (Å²) in [4.78, 5) is 28.1. The summed E-state index contributed by atoms with van der Waals surface area (Å²) in [7, 11) is 0. The van der Waals surface area contributed by atoms with Crippen molar-refractivity contribution in [2.45, 2.75) is 38.1 Å². The van der Waals surface area contributed by atoms with Crippen molar-refractivity contribution < 1.29 is 9.59 Å². The number of piperazine rings is 1. The molecule has 120 valence electrons. The molecule has 7 heteroatoms. The standard InChI is InChI=1S/C15H23N5O2/c21-14(12-10-16-17-11-12)19-6-8-20(9-7-19)15(22)18-13-4-2-1-3-5-13/h10-11,13H,1-9H2,(H,16,17)(H,18,22). The van der Waals surface area contributed by atoms with Crippen LogP contribution in [-0.2, 0) is 0 Å². The largest absolute Gasteiger partial charge is 0.335 e. The Morgan fingerprint density at radius 1 is 1.09 bits per heavy atom. The van der Waals surface area contributed by atoms with E-state index in [0.29, 0.717) is 37.8 Å². The second-order valence-corrected chi connectivity index (χ2v) is 6.05. The van der Waals surface area contributed by atoms with Crippen molar-refractivity contribution in [3.8, 4) is 0 Å². The highest BCUT2D eigenvalue weighted by atomic mass is 16.2. The maximum absolute atomic E-state index is 12.3. The van der Waals surface area contributed by atoms with E-state index in [0.717, 1.165) is 12.8 Å². The summed E-state index contributed by atoms with van der Waals surface area (Å²) in [6.45, 7) is 2.31. The van der Waals surface area contributed by atoms with Gasteiger partial charge < -0.3 is 15.1 Å². The third-order valence-corrected chi connectivity index (χ3v) is 4.53. The lowest BCUT2D eigenvalue weighted by molar-refractivity contribution is 0.0662. The van der Waals surface area contributed by atoms with Crippen LogP contribution in [0.3, 0.4) is 0 Å². The first kappa shape index (κ1) is 14.9. The van der Waals surface area contributed by atoms with Crippen LogP contribution in [0.4, 0.5) is 4.79 Å². The van der Waals surface area contributed by atoms with E-state index >= 15 is 0 Å². The van der Waals surface area contributed by atoms with Crippen molar-refractivity contribution in [1.29, 1.82) is 0 Å². The Bertz CT molecular complexity index is 502. The van der Waals surface area contributed by atoms with Crippen molar-refractivity contribution in [3.05, 3.63) is 18.0 Å². The molecular formula is C15H23N5O2. The van der Waals surface area contributed by atoms with Crippen LogP contribution >= 0.6 is 0 Å². The number of hydrogen-bond donors (Lipinski definition) is 2. The van der Waals surface area contributed by atoms with E-state index in [2.05, 4.69) is 15.5 Å². The Morgan fingerprint density at radius 2 is 1.77 bits per heavy atom. The van der Waals surface area contributed by atoms with Gasteiger partial charge in [0.2, 0.25) is 0 Å². The van der Waals surface area contributed by atoms with Gasteiger partial charge in [0.25, 0.3) is 5.91 Å². The Balaban J connectivity index is 1.46. The minimum absolute atomic E-state index is 0.0160. The summed E-state index contributed by atoms with van der Waals surface area (Å²) >= 11 is 0. The molecule has 0 bridgehead atoms. The Labute approximate surface area is 130 Å². The maximum atomic E-state index is 12.3.